The molecule has 0 radical (unpaired) electrons. The maximum absolute atomic E-state index is 13.1. The summed E-state index contributed by atoms with van der Waals surface area (Å²) >= 11 is 2.57. The fourth-order valence-electron chi connectivity index (χ4n) is 3.04. The van der Waals surface area contributed by atoms with E-state index in [0.29, 0.717) is 5.69 Å². The fraction of sp³-hybridized carbons (Fsp3) is 0.0417. The number of hydrogen-bond donors (Lipinski definition) is 1. The summed E-state index contributed by atoms with van der Waals surface area (Å²) < 4.78 is 27.5. The Morgan fingerprint density at radius 3 is 1.94 bits per heavy atom. The Kier molecular flexibility index (Phi) is 6.94. The molecule has 1 amide bonds. The second-order valence-corrected chi connectivity index (χ2v) is 10.7. The zero-order chi connectivity index (χ0) is 22.4. The molecule has 1 heterocycles. The van der Waals surface area contributed by atoms with Gasteiger partial charge in [-0.1, -0.05) is 42.5 Å². The van der Waals surface area contributed by atoms with Crippen LogP contribution in [-0.4, -0.2) is 20.1 Å². The van der Waals surface area contributed by atoms with Crippen LogP contribution in [0.25, 0.3) is 0 Å². The van der Waals surface area contributed by atoms with E-state index >= 15 is 0 Å². The summed E-state index contributed by atoms with van der Waals surface area (Å²) in [6.07, 6.45) is 0. The number of benzene rings is 3. The number of sulfonamides is 1. The number of thioether (sulfide) groups is 1. The Morgan fingerprint density at radius 1 is 0.812 bits per heavy atom. The van der Waals surface area contributed by atoms with Crippen molar-refractivity contribution < 1.29 is 13.2 Å². The first kappa shape index (κ1) is 22.1. The number of carbonyl (C=O) groups is 1. The topological polar surface area (TPSA) is 66.5 Å². The van der Waals surface area contributed by atoms with Gasteiger partial charge in [0.25, 0.3) is 10.0 Å². The molecule has 0 saturated heterocycles. The Morgan fingerprint density at radius 2 is 1.41 bits per heavy atom. The van der Waals surface area contributed by atoms with Crippen molar-refractivity contribution in [3.8, 4) is 0 Å². The second-order valence-electron chi connectivity index (χ2n) is 6.75. The van der Waals surface area contributed by atoms with Crippen LogP contribution >= 0.6 is 23.1 Å². The Labute approximate surface area is 195 Å². The molecule has 1 N–H and O–H groups in total. The first-order valence-electron chi connectivity index (χ1n) is 9.75. The molecule has 0 fully saturated rings. The maximum atomic E-state index is 13.1. The number of nitrogens with one attached hydrogen (secondary N) is 1. The highest BCUT2D eigenvalue weighted by Crippen LogP contribution is 2.28. The average molecular weight is 481 g/mol. The molecule has 0 saturated carbocycles. The monoisotopic (exact) mass is 480 g/mol. The van der Waals surface area contributed by atoms with Crippen LogP contribution in [0.2, 0.25) is 0 Å². The average Bonchev–Trinajstić information content (AvgIpc) is 3.36. The molecule has 0 aliphatic heterocycles. The van der Waals surface area contributed by atoms with Crippen LogP contribution in [0, 0.1) is 0 Å². The fourth-order valence-corrected chi connectivity index (χ4v) is 5.84. The number of nitrogens with zero attached hydrogens (tertiary/aromatic N) is 1. The molecule has 32 heavy (non-hydrogen) atoms. The van der Waals surface area contributed by atoms with Crippen molar-refractivity contribution in [3.05, 3.63) is 102 Å². The summed E-state index contributed by atoms with van der Waals surface area (Å²) in [4.78, 5) is 15.7. The summed E-state index contributed by atoms with van der Waals surface area (Å²) in [5, 5.41) is 1.72. The molecule has 0 aliphatic rings. The lowest BCUT2D eigenvalue weighted by Crippen LogP contribution is -2.27. The van der Waals surface area contributed by atoms with Gasteiger partial charge in [0.05, 0.1) is 5.75 Å². The predicted molar refractivity (Wildman–Crippen MR) is 132 cm³/mol. The molecule has 1 aromatic heterocycles. The molecule has 0 spiro atoms. The van der Waals surface area contributed by atoms with E-state index in [9.17, 15) is 13.2 Å². The van der Waals surface area contributed by atoms with Crippen LogP contribution in [0.4, 0.5) is 17.1 Å². The Hall–Kier alpha value is -3.07. The summed E-state index contributed by atoms with van der Waals surface area (Å²) in [6.45, 7) is 0. The van der Waals surface area contributed by atoms with Crippen LogP contribution in [0.1, 0.15) is 0 Å². The van der Waals surface area contributed by atoms with Crippen molar-refractivity contribution in [3.63, 3.8) is 0 Å². The van der Waals surface area contributed by atoms with E-state index in [0.717, 1.165) is 16.3 Å². The number of carbonyl (C=O) groups excluding carboxylic acids is 1. The highest BCUT2D eigenvalue weighted by Gasteiger charge is 2.18. The van der Waals surface area contributed by atoms with Gasteiger partial charge in [-0.25, -0.2) is 8.42 Å². The minimum absolute atomic E-state index is 0.0464. The third kappa shape index (κ3) is 5.40. The molecule has 8 heteroatoms. The number of rotatable bonds is 8. The van der Waals surface area contributed by atoms with Gasteiger partial charge in [-0.2, -0.15) is 0 Å². The van der Waals surface area contributed by atoms with Crippen LogP contribution in [0.5, 0.6) is 0 Å². The number of hydrogen-bond acceptors (Lipinski definition) is 5. The third-order valence-corrected chi connectivity index (χ3v) is 8.28. The van der Waals surface area contributed by atoms with Gasteiger partial charge >= 0.3 is 0 Å². The Bertz CT molecular complexity index is 1220. The number of thiophene rings is 1. The lowest BCUT2D eigenvalue weighted by molar-refractivity contribution is -0.115. The molecule has 4 aromatic rings. The standard InChI is InChI=1S/C24H20N2O3S3/c27-23(26(20-8-3-1-4-9-20)21-10-5-2-6-11-21)18-31-22-15-13-19(14-16-22)25-32(28,29)24-12-7-17-30-24/h1-17,25H,18H2. The molecule has 0 unspecified atom stereocenters. The van der Waals surface area contributed by atoms with Gasteiger partial charge in [0.2, 0.25) is 5.91 Å². The molecular formula is C24H20N2O3S3. The zero-order valence-corrected chi connectivity index (χ0v) is 19.4. The van der Waals surface area contributed by atoms with E-state index in [1.807, 2.05) is 60.7 Å². The van der Waals surface area contributed by atoms with Gasteiger partial charge in [-0.05, 0) is 60.0 Å². The smallest absolute Gasteiger partial charge is 0.271 e. The molecule has 162 valence electrons. The Balaban J connectivity index is 1.44. The van der Waals surface area contributed by atoms with Gasteiger partial charge < -0.3 is 0 Å². The first-order chi connectivity index (χ1) is 15.5. The minimum atomic E-state index is -3.58. The van der Waals surface area contributed by atoms with Gasteiger partial charge in [0, 0.05) is 22.0 Å². The van der Waals surface area contributed by atoms with E-state index in [1.54, 1.807) is 46.7 Å². The van der Waals surface area contributed by atoms with Crippen molar-refractivity contribution >= 4 is 56.1 Å². The summed E-state index contributed by atoms with van der Waals surface area (Å²) in [6, 6.07) is 29.3. The first-order valence-corrected chi connectivity index (χ1v) is 13.1. The molecule has 0 atom stereocenters. The highest BCUT2D eigenvalue weighted by atomic mass is 32.2. The van der Waals surface area contributed by atoms with E-state index in [2.05, 4.69) is 4.72 Å². The molecular weight excluding hydrogens is 460 g/mol. The molecule has 5 nitrogen and oxygen atoms in total. The lowest BCUT2D eigenvalue weighted by Gasteiger charge is -2.23. The number of anilines is 3. The number of para-hydroxylation sites is 2. The van der Waals surface area contributed by atoms with Gasteiger partial charge in [-0.15, -0.1) is 23.1 Å². The molecule has 0 aliphatic carbocycles. The quantitative estimate of drug-likeness (QED) is 0.314. The van der Waals surface area contributed by atoms with E-state index in [1.165, 1.54) is 23.1 Å². The van der Waals surface area contributed by atoms with E-state index in [4.69, 9.17) is 0 Å². The van der Waals surface area contributed by atoms with Crippen LogP contribution < -0.4 is 9.62 Å². The molecule has 0 bridgehead atoms. The molecule has 3 aromatic carbocycles. The largest absolute Gasteiger partial charge is 0.280 e. The van der Waals surface area contributed by atoms with Crippen LogP contribution in [-0.2, 0) is 14.8 Å². The van der Waals surface area contributed by atoms with Crippen molar-refractivity contribution in [1.29, 1.82) is 0 Å². The van der Waals surface area contributed by atoms with Crippen molar-refractivity contribution in [1.82, 2.24) is 0 Å². The third-order valence-electron chi connectivity index (χ3n) is 4.51. The van der Waals surface area contributed by atoms with Crippen molar-refractivity contribution in [2.75, 3.05) is 15.4 Å². The summed E-state index contributed by atoms with van der Waals surface area (Å²) in [7, 11) is -3.58. The van der Waals surface area contributed by atoms with Gasteiger partial charge in [0.1, 0.15) is 4.21 Å². The van der Waals surface area contributed by atoms with E-state index < -0.39 is 10.0 Å². The van der Waals surface area contributed by atoms with Gasteiger partial charge in [-0.3, -0.25) is 14.4 Å². The zero-order valence-electron chi connectivity index (χ0n) is 16.9. The summed E-state index contributed by atoms with van der Waals surface area (Å²) in [5.41, 5.74) is 2.09. The summed E-state index contributed by atoms with van der Waals surface area (Å²) in [5.74, 6) is 0.194. The lowest BCUT2D eigenvalue weighted by atomic mass is 10.2. The molecule has 4 rings (SSSR count). The normalized spacial score (nSPS) is 11.1. The van der Waals surface area contributed by atoms with E-state index in [-0.39, 0.29) is 15.9 Å². The van der Waals surface area contributed by atoms with Crippen LogP contribution in [0.15, 0.2) is 112 Å². The van der Waals surface area contributed by atoms with Crippen molar-refractivity contribution in [2.45, 2.75) is 9.10 Å². The predicted octanol–water partition coefficient (Wildman–Crippen LogP) is 6.01. The second kappa shape index (κ2) is 10.0. The SMILES string of the molecule is O=C(CSc1ccc(NS(=O)(=O)c2cccs2)cc1)N(c1ccccc1)c1ccccc1. The van der Waals surface area contributed by atoms with Crippen LogP contribution in [0.3, 0.4) is 0 Å². The minimum Gasteiger partial charge on any atom is -0.280 e. The number of amides is 1. The van der Waals surface area contributed by atoms with Crippen molar-refractivity contribution in [2.24, 2.45) is 0 Å². The van der Waals surface area contributed by atoms with Gasteiger partial charge in [0.15, 0.2) is 0 Å². The highest BCUT2D eigenvalue weighted by molar-refractivity contribution is 8.00. The maximum Gasteiger partial charge on any atom is 0.271 e.